The molecule has 0 aliphatic heterocycles. The molecule has 0 bridgehead atoms. The number of carbonyl (C=O) groups excluding carboxylic acids is 3. The molecule has 3 amide bonds. The molecule has 0 saturated carbocycles. The van der Waals surface area contributed by atoms with Gasteiger partial charge in [-0.3, -0.25) is 19.4 Å². The summed E-state index contributed by atoms with van der Waals surface area (Å²) in [4.78, 5) is 53.5. The van der Waals surface area contributed by atoms with Crippen LogP contribution >= 0.6 is 0 Å². The van der Waals surface area contributed by atoms with E-state index in [1.165, 1.54) is 0 Å². The molecule has 0 rings (SSSR count). The Morgan fingerprint density at radius 1 is 0.941 bits per heavy atom. The van der Waals surface area contributed by atoms with Gasteiger partial charge < -0.3 is 43.4 Å². The minimum atomic E-state index is -1.23. The minimum absolute atomic E-state index is 0.0265. The highest BCUT2D eigenvalue weighted by atomic mass is 16.4. The molecule has 13 nitrogen and oxygen atoms in total. The van der Waals surface area contributed by atoms with Gasteiger partial charge in [-0.2, -0.15) is 0 Å². The summed E-state index contributed by atoms with van der Waals surface area (Å²) in [5.41, 5.74) is 16.1. The Labute approximate surface area is 200 Å². The number of nitrogens with two attached hydrogens (primary N) is 3. The summed E-state index contributed by atoms with van der Waals surface area (Å²) in [6, 6.07) is -4.44. The first-order valence-electron chi connectivity index (χ1n) is 11.4. The van der Waals surface area contributed by atoms with Gasteiger partial charge >= 0.3 is 5.97 Å². The fourth-order valence-electron chi connectivity index (χ4n) is 3.04. The Balaban J connectivity index is 5.58. The number of rotatable bonds is 16. The van der Waals surface area contributed by atoms with Crippen molar-refractivity contribution in [2.24, 2.45) is 34.0 Å². The molecule has 0 aliphatic carbocycles. The topological polar surface area (TPSA) is 235 Å². The molecule has 13 heteroatoms. The molecule has 0 heterocycles. The molecule has 0 aromatic carbocycles. The summed E-state index contributed by atoms with van der Waals surface area (Å²) in [5, 5.41) is 26.2. The molecule has 0 saturated heterocycles. The number of nitrogens with zero attached hydrogens (tertiary/aromatic N) is 1. The van der Waals surface area contributed by atoms with Crippen molar-refractivity contribution in [3.63, 3.8) is 0 Å². The van der Waals surface area contributed by atoms with Crippen LogP contribution in [0, 0.1) is 11.8 Å². The molecule has 11 N–H and O–H groups in total. The minimum Gasteiger partial charge on any atom is -0.480 e. The smallest absolute Gasteiger partial charge is 0.326 e. The average molecular weight is 488 g/mol. The number of aliphatic carboxylic acids is 1. The van der Waals surface area contributed by atoms with Crippen molar-refractivity contribution in [2.45, 2.75) is 77.5 Å². The molecular formula is C21H41N7O6. The van der Waals surface area contributed by atoms with E-state index in [9.17, 15) is 24.3 Å². The van der Waals surface area contributed by atoms with Crippen molar-refractivity contribution >= 4 is 29.7 Å². The van der Waals surface area contributed by atoms with Crippen LogP contribution in [0.15, 0.2) is 4.99 Å². The Bertz CT molecular complexity index is 712. The van der Waals surface area contributed by atoms with E-state index in [4.69, 9.17) is 22.3 Å². The van der Waals surface area contributed by atoms with Gasteiger partial charge in [0.15, 0.2) is 5.96 Å². The maximum Gasteiger partial charge on any atom is 0.326 e. The number of amides is 3. The standard InChI is InChI=1S/C21H41N7O6/c1-5-12(4)16(19(32)27-15(20(33)34)9-11(2)3)28-18(31)14(7-6-8-25-21(23)24)26-17(30)13(22)10-29/h11-16,29H,5-10,22H2,1-4H3,(H,26,30)(H,27,32)(H,28,31)(H,33,34)(H4,23,24,25). The van der Waals surface area contributed by atoms with Crippen molar-refractivity contribution in [3.05, 3.63) is 0 Å². The zero-order chi connectivity index (χ0) is 26.4. The number of aliphatic hydroxyl groups excluding tert-OH is 1. The number of nitrogens with one attached hydrogen (secondary N) is 3. The van der Waals surface area contributed by atoms with Crippen LogP contribution in [-0.2, 0) is 19.2 Å². The fraction of sp³-hybridized carbons (Fsp3) is 0.762. The van der Waals surface area contributed by atoms with Crippen molar-refractivity contribution in [1.82, 2.24) is 16.0 Å². The largest absolute Gasteiger partial charge is 0.480 e. The van der Waals surface area contributed by atoms with Crippen LogP contribution in [0.2, 0.25) is 0 Å². The number of hydrogen-bond donors (Lipinski definition) is 8. The SMILES string of the molecule is CCC(C)C(NC(=O)C(CCCN=C(N)N)NC(=O)C(N)CO)C(=O)NC(CC(C)C)C(=O)O. The van der Waals surface area contributed by atoms with Gasteiger partial charge in [0.05, 0.1) is 6.61 Å². The number of carboxylic acids is 1. The number of aliphatic hydroxyl groups is 1. The average Bonchev–Trinajstić information content (AvgIpc) is 2.76. The number of carbonyl (C=O) groups is 4. The highest BCUT2D eigenvalue weighted by Gasteiger charge is 2.32. The van der Waals surface area contributed by atoms with Crippen LogP contribution in [0.25, 0.3) is 0 Å². The van der Waals surface area contributed by atoms with E-state index in [0.29, 0.717) is 12.8 Å². The summed E-state index contributed by atoms with van der Waals surface area (Å²) in [7, 11) is 0. The van der Waals surface area contributed by atoms with Gasteiger partial charge in [0.2, 0.25) is 17.7 Å². The number of guanidine groups is 1. The summed E-state index contributed by atoms with van der Waals surface area (Å²) in [6.07, 6.45) is 1.22. The first-order chi connectivity index (χ1) is 15.8. The zero-order valence-corrected chi connectivity index (χ0v) is 20.4. The summed E-state index contributed by atoms with van der Waals surface area (Å²) < 4.78 is 0. The molecular weight excluding hydrogens is 446 g/mol. The van der Waals surface area contributed by atoms with Crippen LogP contribution in [0.3, 0.4) is 0 Å². The number of carboxylic acid groups (broad SMARTS) is 1. The lowest BCUT2D eigenvalue weighted by Gasteiger charge is -2.28. The molecule has 0 fully saturated rings. The number of aliphatic imine (C=N–C) groups is 1. The Hall–Kier alpha value is -2.93. The highest BCUT2D eigenvalue weighted by molar-refractivity contribution is 5.94. The maximum atomic E-state index is 13.0. The van der Waals surface area contributed by atoms with E-state index in [0.717, 1.165) is 0 Å². The third-order valence-electron chi connectivity index (χ3n) is 5.23. The lowest BCUT2D eigenvalue weighted by molar-refractivity contribution is -0.143. The van der Waals surface area contributed by atoms with Crippen LogP contribution in [0.4, 0.5) is 0 Å². The van der Waals surface area contributed by atoms with Gasteiger partial charge in [0, 0.05) is 6.54 Å². The van der Waals surface area contributed by atoms with Gasteiger partial charge in [-0.25, -0.2) is 4.79 Å². The van der Waals surface area contributed by atoms with E-state index in [1.54, 1.807) is 6.92 Å². The first kappa shape index (κ1) is 31.1. The molecule has 5 atom stereocenters. The van der Waals surface area contributed by atoms with E-state index in [-0.39, 0.29) is 37.2 Å². The van der Waals surface area contributed by atoms with Gasteiger partial charge in [0.1, 0.15) is 24.2 Å². The molecule has 0 aromatic rings. The second kappa shape index (κ2) is 15.8. The third-order valence-corrected chi connectivity index (χ3v) is 5.23. The monoisotopic (exact) mass is 487 g/mol. The van der Waals surface area contributed by atoms with E-state index in [2.05, 4.69) is 20.9 Å². The summed E-state index contributed by atoms with van der Waals surface area (Å²) in [5.74, 6) is -3.60. The Morgan fingerprint density at radius 3 is 2.00 bits per heavy atom. The van der Waals surface area contributed by atoms with Crippen molar-refractivity contribution in [3.8, 4) is 0 Å². The van der Waals surface area contributed by atoms with Crippen molar-refractivity contribution in [2.75, 3.05) is 13.2 Å². The van der Waals surface area contributed by atoms with Crippen molar-refractivity contribution < 1.29 is 29.4 Å². The van der Waals surface area contributed by atoms with Gasteiger partial charge in [0.25, 0.3) is 0 Å². The summed E-state index contributed by atoms with van der Waals surface area (Å²) in [6.45, 7) is 6.84. The second-order valence-corrected chi connectivity index (χ2v) is 8.70. The fourth-order valence-corrected chi connectivity index (χ4v) is 3.04. The maximum absolute atomic E-state index is 13.0. The molecule has 34 heavy (non-hydrogen) atoms. The molecule has 0 radical (unpaired) electrons. The van der Waals surface area contributed by atoms with E-state index in [1.807, 2.05) is 20.8 Å². The number of hydrogen-bond acceptors (Lipinski definition) is 7. The highest BCUT2D eigenvalue weighted by Crippen LogP contribution is 2.12. The van der Waals surface area contributed by atoms with Crippen LogP contribution in [-0.4, -0.2) is 77.2 Å². The second-order valence-electron chi connectivity index (χ2n) is 8.70. The molecule has 5 unspecified atom stereocenters. The third kappa shape index (κ3) is 11.8. The Kier molecular flexibility index (Phi) is 14.5. The van der Waals surface area contributed by atoms with Gasteiger partial charge in [-0.15, -0.1) is 0 Å². The molecule has 196 valence electrons. The molecule has 0 aromatic heterocycles. The van der Waals surface area contributed by atoms with Gasteiger partial charge in [-0.05, 0) is 31.1 Å². The lowest BCUT2D eigenvalue weighted by atomic mass is 9.96. The van der Waals surface area contributed by atoms with E-state index < -0.39 is 54.5 Å². The lowest BCUT2D eigenvalue weighted by Crippen LogP contribution is -2.59. The van der Waals surface area contributed by atoms with E-state index >= 15 is 0 Å². The molecule has 0 spiro atoms. The predicted molar refractivity (Wildman–Crippen MR) is 127 cm³/mol. The first-order valence-corrected chi connectivity index (χ1v) is 11.4. The quantitative estimate of drug-likeness (QED) is 0.0681. The normalized spacial score (nSPS) is 15.4. The Morgan fingerprint density at radius 2 is 1.53 bits per heavy atom. The van der Waals surface area contributed by atoms with Crippen molar-refractivity contribution in [1.29, 1.82) is 0 Å². The van der Waals surface area contributed by atoms with Crippen LogP contribution in [0.1, 0.15) is 53.4 Å². The summed E-state index contributed by atoms with van der Waals surface area (Å²) >= 11 is 0. The van der Waals surface area contributed by atoms with Gasteiger partial charge in [-0.1, -0.05) is 34.1 Å². The van der Waals surface area contributed by atoms with Crippen LogP contribution in [0.5, 0.6) is 0 Å². The zero-order valence-electron chi connectivity index (χ0n) is 20.4. The predicted octanol–water partition coefficient (Wildman–Crippen LogP) is -2.01. The molecule has 0 aliphatic rings. The van der Waals surface area contributed by atoms with Crippen LogP contribution < -0.4 is 33.2 Å².